The molecule has 156 valence electrons. The maximum absolute atomic E-state index is 12.9. The van der Waals surface area contributed by atoms with E-state index in [9.17, 15) is 9.18 Å². The molecule has 0 aliphatic heterocycles. The molecule has 3 aromatic carbocycles. The van der Waals surface area contributed by atoms with Crippen LogP contribution in [-0.2, 0) is 11.3 Å². The number of hydrogen-bond donors (Lipinski definition) is 1. The average molecular weight is 433 g/mol. The van der Waals surface area contributed by atoms with Crippen LogP contribution < -0.4 is 5.43 Å². The molecule has 5 nitrogen and oxygen atoms in total. The average Bonchev–Trinajstić information content (AvgIpc) is 3.12. The maximum atomic E-state index is 12.9. The SMILES string of the molecule is Cc1ccc(Cn2c(SCC(=O)N/N=C/c3ccc(F)cc3)nc3ccccc32)cc1. The molecule has 1 amide bonds. The van der Waals surface area contributed by atoms with Gasteiger partial charge in [-0.3, -0.25) is 4.79 Å². The predicted octanol–water partition coefficient (Wildman–Crippen LogP) is 4.77. The Balaban J connectivity index is 1.44. The zero-order chi connectivity index (χ0) is 21.6. The number of aromatic nitrogens is 2. The zero-order valence-corrected chi connectivity index (χ0v) is 17.8. The Hall–Kier alpha value is -3.45. The van der Waals surface area contributed by atoms with E-state index in [1.807, 2.05) is 24.3 Å². The lowest BCUT2D eigenvalue weighted by molar-refractivity contribution is -0.118. The van der Waals surface area contributed by atoms with Crippen molar-refractivity contribution in [1.29, 1.82) is 0 Å². The molecule has 0 saturated heterocycles. The molecule has 0 aliphatic carbocycles. The van der Waals surface area contributed by atoms with Crippen LogP contribution in [0.3, 0.4) is 0 Å². The third kappa shape index (κ3) is 5.38. The second kappa shape index (κ2) is 9.57. The van der Waals surface area contributed by atoms with Gasteiger partial charge < -0.3 is 4.57 Å². The molecule has 1 N–H and O–H groups in total. The fourth-order valence-electron chi connectivity index (χ4n) is 3.08. The summed E-state index contributed by atoms with van der Waals surface area (Å²) in [6.45, 7) is 2.74. The van der Waals surface area contributed by atoms with Crippen molar-refractivity contribution in [1.82, 2.24) is 15.0 Å². The number of nitrogens with zero attached hydrogens (tertiary/aromatic N) is 3. The third-order valence-electron chi connectivity index (χ3n) is 4.69. The first-order chi connectivity index (χ1) is 15.1. The molecule has 4 aromatic rings. The van der Waals surface area contributed by atoms with Crippen molar-refractivity contribution in [2.75, 3.05) is 5.75 Å². The Bertz CT molecular complexity index is 1220. The molecular weight excluding hydrogens is 411 g/mol. The van der Waals surface area contributed by atoms with Gasteiger partial charge in [0.1, 0.15) is 5.82 Å². The highest BCUT2D eigenvalue weighted by atomic mass is 32.2. The van der Waals surface area contributed by atoms with Crippen LogP contribution >= 0.6 is 11.8 Å². The van der Waals surface area contributed by atoms with Gasteiger partial charge >= 0.3 is 0 Å². The number of thioether (sulfide) groups is 1. The first-order valence-corrected chi connectivity index (χ1v) is 10.8. The summed E-state index contributed by atoms with van der Waals surface area (Å²) in [6.07, 6.45) is 1.48. The van der Waals surface area contributed by atoms with Crippen molar-refractivity contribution in [3.8, 4) is 0 Å². The number of halogens is 1. The van der Waals surface area contributed by atoms with E-state index in [1.54, 1.807) is 12.1 Å². The largest absolute Gasteiger partial charge is 0.314 e. The van der Waals surface area contributed by atoms with E-state index in [0.717, 1.165) is 16.2 Å². The first kappa shape index (κ1) is 20.8. The lowest BCUT2D eigenvalue weighted by atomic mass is 10.1. The molecular formula is C24H21FN4OS. The van der Waals surface area contributed by atoms with Crippen molar-refractivity contribution >= 4 is 34.9 Å². The normalized spacial score (nSPS) is 11.3. The number of benzene rings is 3. The maximum Gasteiger partial charge on any atom is 0.250 e. The summed E-state index contributed by atoms with van der Waals surface area (Å²) >= 11 is 1.37. The highest BCUT2D eigenvalue weighted by Gasteiger charge is 2.13. The second-order valence-electron chi connectivity index (χ2n) is 7.09. The summed E-state index contributed by atoms with van der Waals surface area (Å²) in [7, 11) is 0. The standard InChI is InChI=1S/C24H21FN4OS/c1-17-6-8-19(9-7-17)15-29-22-5-3-2-4-21(22)27-24(29)31-16-23(30)28-26-14-18-10-12-20(25)13-11-18/h2-14H,15-16H2,1H3,(H,28,30)/b26-14+. The van der Waals surface area contributed by atoms with Gasteiger partial charge in [-0.05, 0) is 42.3 Å². The summed E-state index contributed by atoms with van der Waals surface area (Å²) in [5, 5.41) is 4.71. The molecule has 7 heteroatoms. The second-order valence-corrected chi connectivity index (χ2v) is 8.03. The van der Waals surface area contributed by atoms with E-state index in [-0.39, 0.29) is 17.5 Å². The molecule has 0 bridgehead atoms. The van der Waals surface area contributed by atoms with Crippen LogP contribution in [0.4, 0.5) is 4.39 Å². The summed E-state index contributed by atoms with van der Waals surface area (Å²) in [5.74, 6) is -0.374. The van der Waals surface area contributed by atoms with E-state index in [1.165, 1.54) is 41.2 Å². The smallest absolute Gasteiger partial charge is 0.250 e. The van der Waals surface area contributed by atoms with E-state index < -0.39 is 0 Å². The third-order valence-corrected chi connectivity index (χ3v) is 5.66. The number of carbonyl (C=O) groups is 1. The van der Waals surface area contributed by atoms with Crippen LogP contribution in [-0.4, -0.2) is 27.4 Å². The lowest BCUT2D eigenvalue weighted by Gasteiger charge is -2.09. The highest BCUT2D eigenvalue weighted by Crippen LogP contribution is 2.25. The van der Waals surface area contributed by atoms with Crippen LogP contribution in [0, 0.1) is 12.7 Å². The van der Waals surface area contributed by atoms with Gasteiger partial charge in [0.2, 0.25) is 0 Å². The minimum absolute atomic E-state index is 0.179. The first-order valence-electron chi connectivity index (χ1n) is 9.79. The molecule has 0 aliphatic rings. The number of rotatable bonds is 7. The molecule has 0 unspecified atom stereocenters. The minimum Gasteiger partial charge on any atom is -0.314 e. The Morgan fingerprint density at radius 1 is 1.10 bits per heavy atom. The van der Waals surface area contributed by atoms with Gasteiger partial charge in [0, 0.05) is 0 Å². The molecule has 0 saturated carbocycles. The number of fused-ring (bicyclic) bond motifs is 1. The number of aryl methyl sites for hydroxylation is 1. The van der Waals surface area contributed by atoms with Gasteiger partial charge in [0.05, 0.1) is 29.5 Å². The quantitative estimate of drug-likeness (QED) is 0.260. The lowest BCUT2D eigenvalue weighted by Crippen LogP contribution is -2.20. The number of imidazole rings is 1. The van der Waals surface area contributed by atoms with Crippen molar-refractivity contribution < 1.29 is 9.18 Å². The summed E-state index contributed by atoms with van der Waals surface area (Å²) < 4.78 is 15.1. The minimum atomic E-state index is -0.314. The van der Waals surface area contributed by atoms with E-state index in [0.29, 0.717) is 12.1 Å². The Kier molecular flexibility index (Phi) is 6.43. The molecule has 31 heavy (non-hydrogen) atoms. The predicted molar refractivity (Wildman–Crippen MR) is 123 cm³/mol. The Morgan fingerprint density at radius 3 is 2.61 bits per heavy atom. The Morgan fingerprint density at radius 2 is 1.84 bits per heavy atom. The van der Waals surface area contributed by atoms with Crippen molar-refractivity contribution in [2.24, 2.45) is 5.10 Å². The molecule has 1 aromatic heterocycles. The fraction of sp³-hybridized carbons (Fsp3) is 0.125. The van der Waals surface area contributed by atoms with Gasteiger partial charge in [0.25, 0.3) is 5.91 Å². The molecule has 0 spiro atoms. The van der Waals surface area contributed by atoms with E-state index in [4.69, 9.17) is 4.98 Å². The van der Waals surface area contributed by atoms with Gasteiger partial charge in [-0.15, -0.1) is 0 Å². The molecule has 0 atom stereocenters. The number of amides is 1. The number of nitrogens with one attached hydrogen (secondary N) is 1. The summed E-state index contributed by atoms with van der Waals surface area (Å²) in [6, 6.07) is 22.2. The highest BCUT2D eigenvalue weighted by molar-refractivity contribution is 7.99. The van der Waals surface area contributed by atoms with Crippen molar-refractivity contribution in [2.45, 2.75) is 18.6 Å². The van der Waals surface area contributed by atoms with Crippen LogP contribution in [0.15, 0.2) is 83.1 Å². The van der Waals surface area contributed by atoms with Crippen LogP contribution in [0.2, 0.25) is 0 Å². The molecule has 4 rings (SSSR count). The number of hydrogen-bond acceptors (Lipinski definition) is 4. The Labute approximate surface area is 184 Å². The van der Waals surface area contributed by atoms with Gasteiger partial charge in [0.15, 0.2) is 5.16 Å². The molecule has 0 radical (unpaired) electrons. The zero-order valence-electron chi connectivity index (χ0n) is 17.0. The fourth-order valence-corrected chi connectivity index (χ4v) is 3.89. The number of hydrazone groups is 1. The molecule has 0 fully saturated rings. The topological polar surface area (TPSA) is 59.3 Å². The van der Waals surface area contributed by atoms with Crippen LogP contribution in [0.1, 0.15) is 16.7 Å². The number of carbonyl (C=O) groups excluding carboxylic acids is 1. The van der Waals surface area contributed by atoms with Crippen molar-refractivity contribution in [3.05, 3.63) is 95.3 Å². The summed E-state index contributed by atoms with van der Waals surface area (Å²) in [4.78, 5) is 16.9. The number of para-hydroxylation sites is 2. The molecule has 1 heterocycles. The van der Waals surface area contributed by atoms with Crippen LogP contribution in [0.25, 0.3) is 11.0 Å². The van der Waals surface area contributed by atoms with Crippen molar-refractivity contribution in [3.63, 3.8) is 0 Å². The summed E-state index contributed by atoms with van der Waals surface area (Å²) in [5.41, 5.74) is 7.52. The van der Waals surface area contributed by atoms with Crippen LogP contribution in [0.5, 0.6) is 0 Å². The van der Waals surface area contributed by atoms with Gasteiger partial charge in [-0.25, -0.2) is 14.8 Å². The van der Waals surface area contributed by atoms with E-state index >= 15 is 0 Å². The monoisotopic (exact) mass is 432 g/mol. The van der Waals surface area contributed by atoms with Gasteiger partial charge in [-0.2, -0.15) is 5.10 Å². The van der Waals surface area contributed by atoms with Gasteiger partial charge in [-0.1, -0.05) is 65.9 Å². The van der Waals surface area contributed by atoms with E-state index in [2.05, 4.69) is 46.3 Å².